The van der Waals surface area contributed by atoms with Crippen molar-refractivity contribution in [3.8, 4) is 0 Å². The van der Waals surface area contributed by atoms with Crippen LogP contribution < -0.4 is 5.32 Å². The molecule has 2 rings (SSSR count). The van der Waals surface area contributed by atoms with Crippen molar-refractivity contribution in [1.29, 1.82) is 0 Å². The van der Waals surface area contributed by atoms with E-state index in [0.29, 0.717) is 24.2 Å². The largest absolute Gasteiger partial charge is 0.379 e. The number of nitrogens with one attached hydrogen (secondary N) is 1. The molecule has 2 unspecified atom stereocenters. The Morgan fingerprint density at radius 2 is 1.88 bits per heavy atom. The molecular formula is C12H24N2O2. The minimum absolute atomic E-state index is 0.360. The number of morpholine rings is 1. The van der Waals surface area contributed by atoms with Crippen LogP contribution in [0.3, 0.4) is 0 Å². The molecule has 0 radical (unpaired) electrons. The van der Waals surface area contributed by atoms with Gasteiger partial charge in [-0.15, -0.1) is 0 Å². The maximum absolute atomic E-state index is 5.75. The van der Waals surface area contributed by atoms with Crippen LogP contribution in [0.1, 0.15) is 13.8 Å². The molecule has 0 saturated carbocycles. The van der Waals surface area contributed by atoms with Gasteiger partial charge in [-0.2, -0.15) is 0 Å². The van der Waals surface area contributed by atoms with Crippen molar-refractivity contribution in [2.24, 2.45) is 5.92 Å². The third-order valence-electron chi connectivity index (χ3n) is 3.56. The first-order valence-corrected chi connectivity index (χ1v) is 6.32. The summed E-state index contributed by atoms with van der Waals surface area (Å²) >= 11 is 0. The monoisotopic (exact) mass is 228 g/mol. The molecule has 2 fully saturated rings. The predicted octanol–water partition coefficient (Wildman–Crippen LogP) is 0.330. The number of hydrogen-bond acceptors (Lipinski definition) is 4. The van der Waals surface area contributed by atoms with Crippen molar-refractivity contribution >= 4 is 0 Å². The van der Waals surface area contributed by atoms with Crippen LogP contribution in [0.5, 0.6) is 0 Å². The minimum Gasteiger partial charge on any atom is -0.379 e. The SMILES string of the molecule is CNC1COCC1CN1C[C@@H](C)O[C@@H](C)C1. The smallest absolute Gasteiger partial charge is 0.0678 e. The summed E-state index contributed by atoms with van der Waals surface area (Å²) in [5.41, 5.74) is 0. The van der Waals surface area contributed by atoms with E-state index >= 15 is 0 Å². The van der Waals surface area contributed by atoms with Gasteiger partial charge in [0.2, 0.25) is 0 Å². The Bertz CT molecular complexity index is 215. The lowest BCUT2D eigenvalue weighted by Gasteiger charge is -2.37. The lowest BCUT2D eigenvalue weighted by molar-refractivity contribution is -0.0720. The van der Waals surface area contributed by atoms with Crippen molar-refractivity contribution in [1.82, 2.24) is 10.2 Å². The molecule has 2 aliphatic rings. The topological polar surface area (TPSA) is 33.7 Å². The zero-order valence-electron chi connectivity index (χ0n) is 10.6. The molecule has 0 bridgehead atoms. The molecule has 0 aliphatic carbocycles. The summed E-state index contributed by atoms with van der Waals surface area (Å²) in [6, 6.07) is 0.522. The van der Waals surface area contributed by atoms with Crippen LogP contribution >= 0.6 is 0 Å². The Kier molecular flexibility index (Phi) is 4.19. The summed E-state index contributed by atoms with van der Waals surface area (Å²) in [6.07, 6.45) is 0.721. The fraction of sp³-hybridized carbons (Fsp3) is 1.00. The summed E-state index contributed by atoms with van der Waals surface area (Å²) in [5.74, 6) is 0.627. The highest BCUT2D eigenvalue weighted by molar-refractivity contribution is 4.84. The first-order valence-electron chi connectivity index (χ1n) is 6.32. The second kappa shape index (κ2) is 5.45. The number of nitrogens with zero attached hydrogens (tertiary/aromatic N) is 1. The number of likely N-dealkylation sites (N-methyl/N-ethyl adjacent to an activating group) is 1. The molecule has 0 spiro atoms. The molecule has 94 valence electrons. The summed E-state index contributed by atoms with van der Waals surface area (Å²) < 4.78 is 11.3. The predicted molar refractivity (Wildman–Crippen MR) is 63.6 cm³/mol. The van der Waals surface area contributed by atoms with E-state index < -0.39 is 0 Å². The minimum atomic E-state index is 0.360. The van der Waals surface area contributed by atoms with Gasteiger partial charge in [0.05, 0.1) is 25.4 Å². The average Bonchev–Trinajstić information content (AvgIpc) is 2.63. The van der Waals surface area contributed by atoms with Gasteiger partial charge in [-0.1, -0.05) is 0 Å². The lowest BCUT2D eigenvalue weighted by atomic mass is 10.0. The highest BCUT2D eigenvalue weighted by Gasteiger charge is 2.31. The van der Waals surface area contributed by atoms with E-state index in [2.05, 4.69) is 24.1 Å². The first kappa shape index (κ1) is 12.3. The summed E-state index contributed by atoms with van der Waals surface area (Å²) in [5, 5.41) is 3.34. The standard InChI is InChI=1S/C12H24N2O2/c1-9-4-14(5-10(2)16-9)6-11-7-15-8-12(11)13-3/h9-13H,4-8H2,1-3H3/t9-,10+,11?,12?. The maximum atomic E-state index is 5.75. The van der Waals surface area contributed by atoms with E-state index in [-0.39, 0.29) is 0 Å². The molecule has 0 amide bonds. The molecule has 4 nitrogen and oxygen atoms in total. The molecule has 16 heavy (non-hydrogen) atoms. The van der Waals surface area contributed by atoms with E-state index in [1.165, 1.54) is 0 Å². The van der Waals surface area contributed by atoms with Crippen molar-refractivity contribution in [2.45, 2.75) is 32.1 Å². The first-order chi connectivity index (χ1) is 7.69. The van der Waals surface area contributed by atoms with Crippen LogP contribution in [-0.4, -0.2) is 63.0 Å². The second-order valence-electron chi connectivity index (χ2n) is 5.17. The molecule has 2 saturated heterocycles. The van der Waals surface area contributed by atoms with E-state index in [1.807, 2.05) is 7.05 Å². The van der Waals surface area contributed by atoms with Crippen LogP contribution in [-0.2, 0) is 9.47 Å². The molecule has 0 aromatic heterocycles. The van der Waals surface area contributed by atoms with Gasteiger partial charge < -0.3 is 14.8 Å². The van der Waals surface area contributed by atoms with Gasteiger partial charge in [-0.3, -0.25) is 4.90 Å². The fourth-order valence-electron chi connectivity index (χ4n) is 2.86. The Balaban J connectivity index is 1.84. The highest BCUT2D eigenvalue weighted by atomic mass is 16.5. The van der Waals surface area contributed by atoms with Gasteiger partial charge in [0, 0.05) is 31.6 Å². The Labute approximate surface area is 98.3 Å². The number of rotatable bonds is 3. The molecule has 2 aliphatic heterocycles. The fourth-order valence-corrected chi connectivity index (χ4v) is 2.86. The van der Waals surface area contributed by atoms with Crippen molar-refractivity contribution in [2.75, 3.05) is 39.9 Å². The normalized spacial score (nSPS) is 41.4. The van der Waals surface area contributed by atoms with E-state index in [9.17, 15) is 0 Å². The Hall–Kier alpha value is -0.160. The van der Waals surface area contributed by atoms with Gasteiger partial charge in [0.25, 0.3) is 0 Å². The summed E-state index contributed by atoms with van der Waals surface area (Å²) in [7, 11) is 2.02. The highest BCUT2D eigenvalue weighted by Crippen LogP contribution is 2.18. The van der Waals surface area contributed by atoms with Gasteiger partial charge in [-0.25, -0.2) is 0 Å². The Morgan fingerprint density at radius 3 is 2.50 bits per heavy atom. The third kappa shape index (κ3) is 2.94. The molecule has 0 aromatic carbocycles. The number of hydrogen-bond donors (Lipinski definition) is 1. The van der Waals surface area contributed by atoms with Crippen LogP contribution in [0.4, 0.5) is 0 Å². The summed E-state index contributed by atoms with van der Waals surface area (Å²) in [6.45, 7) is 9.30. The quantitative estimate of drug-likeness (QED) is 0.755. The van der Waals surface area contributed by atoms with Gasteiger partial charge in [0.1, 0.15) is 0 Å². The van der Waals surface area contributed by atoms with Crippen molar-refractivity contribution in [3.05, 3.63) is 0 Å². The van der Waals surface area contributed by atoms with Crippen molar-refractivity contribution in [3.63, 3.8) is 0 Å². The zero-order valence-corrected chi connectivity index (χ0v) is 10.6. The molecule has 0 aromatic rings. The van der Waals surface area contributed by atoms with Crippen LogP contribution in [0.25, 0.3) is 0 Å². The lowest BCUT2D eigenvalue weighted by Crippen LogP contribution is -2.49. The van der Waals surface area contributed by atoms with Crippen LogP contribution in [0.2, 0.25) is 0 Å². The van der Waals surface area contributed by atoms with Crippen LogP contribution in [0, 0.1) is 5.92 Å². The van der Waals surface area contributed by atoms with E-state index in [4.69, 9.17) is 9.47 Å². The molecule has 1 N–H and O–H groups in total. The van der Waals surface area contributed by atoms with Gasteiger partial charge in [0.15, 0.2) is 0 Å². The average molecular weight is 228 g/mol. The number of ether oxygens (including phenoxy) is 2. The second-order valence-corrected chi connectivity index (χ2v) is 5.17. The molecule has 4 heteroatoms. The molecule has 2 heterocycles. The van der Waals surface area contributed by atoms with Crippen molar-refractivity contribution < 1.29 is 9.47 Å². The molecule has 4 atom stereocenters. The van der Waals surface area contributed by atoms with Gasteiger partial charge >= 0.3 is 0 Å². The van der Waals surface area contributed by atoms with Crippen LogP contribution in [0.15, 0.2) is 0 Å². The summed E-state index contributed by atoms with van der Waals surface area (Å²) in [4.78, 5) is 2.52. The maximum Gasteiger partial charge on any atom is 0.0678 e. The molecular weight excluding hydrogens is 204 g/mol. The van der Waals surface area contributed by atoms with Gasteiger partial charge in [-0.05, 0) is 20.9 Å². The third-order valence-corrected chi connectivity index (χ3v) is 3.56. The van der Waals surface area contributed by atoms with E-state index in [1.54, 1.807) is 0 Å². The van der Waals surface area contributed by atoms with E-state index in [0.717, 1.165) is 32.8 Å². The Morgan fingerprint density at radius 1 is 1.19 bits per heavy atom. The zero-order chi connectivity index (χ0) is 11.5.